The number of carbonyl (C=O) groups is 1. The van der Waals surface area contributed by atoms with Gasteiger partial charge in [-0.25, -0.2) is 5.01 Å². The van der Waals surface area contributed by atoms with Gasteiger partial charge in [0.1, 0.15) is 16.4 Å². The number of benzene rings is 2. The number of nitrogens with one attached hydrogen (secondary N) is 1. The number of non-ortho nitro benzene ring substituents is 1. The number of nitro groups is 1. The number of hydrogen-bond acceptors (Lipinski definition) is 8. The zero-order valence-corrected chi connectivity index (χ0v) is 21.2. The van der Waals surface area contributed by atoms with Crippen LogP contribution in [-0.2, 0) is 14.8 Å². The maximum absolute atomic E-state index is 12.6. The molecule has 1 aliphatic rings. The zero-order chi connectivity index (χ0) is 26.8. The third-order valence-electron chi connectivity index (χ3n) is 5.24. The van der Waals surface area contributed by atoms with Gasteiger partial charge in [0.2, 0.25) is 5.91 Å². The summed E-state index contributed by atoms with van der Waals surface area (Å²) in [5, 5.41) is 19.5. The molecule has 0 saturated carbocycles. The van der Waals surface area contributed by atoms with Crippen molar-refractivity contribution in [2.75, 3.05) is 6.54 Å². The molecule has 4 rings (SSSR count). The van der Waals surface area contributed by atoms with Crippen molar-refractivity contribution in [2.45, 2.75) is 37.6 Å². The average molecular weight is 524 g/mol. The smallest absolute Gasteiger partial charge is 0.285 e. The Kier molecular flexibility index (Phi) is 6.94. The van der Waals surface area contributed by atoms with Crippen LogP contribution in [0.1, 0.15) is 38.5 Å². The number of sulfonamides is 1. The summed E-state index contributed by atoms with van der Waals surface area (Å²) in [5.74, 6) is 0.712. The molecule has 0 fully saturated rings. The highest BCUT2D eigenvalue weighted by Crippen LogP contribution is 2.28. The van der Waals surface area contributed by atoms with E-state index in [-0.39, 0.29) is 35.3 Å². The molecule has 1 N–H and O–H groups in total. The summed E-state index contributed by atoms with van der Waals surface area (Å²) in [6.07, 6.45) is 1.44. The quantitative estimate of drug-likeness (QED) is 0.280. The summed E-state index contributed by atoms with van der Waals surface area (Å²) in [6, 6.07) is 15.7. The van der Waals surface area contributed by atoms with Crippen LogP contribution in [0.4, 0.5) is 5.69 Å². The van der Waals surface area contributed by atoms with Gasteiger partial charge >= 0.3 is 0 Å². The van der Waals surface area contributed by atoms with Gasteiger partial charge in [0.15, 0.2) is 5.84 Å². The molecule has 0 spiro atoms. The minimum Gasteiger partial charge on any atom is -0.455 e. The fourth-order valence-corrected chi connectivity index (χ4v) is 4.84. The molecular weight excluding hydrogens is 498 g/mol. The van der Waals surface area contributed by atoms with Gasteiger partial charge < -0.3 is 9.73 Å². The van der Waals surface area contributed by atoms with Crippen LogP contribution in [0.2, 0.25) is 0 Å². The van der Waals surface area contributed by atoms with Crippen molar-refractivity contribution in [1.29, 1.82) is 0 Å². The number of nitrogens with zero attached hydrogens (tertiary/aromatic N) is 4. The van der Waals surface area contributed by atoms with Crippen molar-refractivity contribution >= 4 is 33.7 Å². The van der Waals surface area contributed by atoms with Gasteiger partial charge in [-0.15, -0.1) is 4.40 Å². The Morgan fingerprint density at radius 2 is 1.84 bits per heavy atom. The molecule has 12 heteroatoms. The summed E-state index contributed by atoms with van der Waals surface area (Å²) in [4.78, 5) is 22.9. The first-order valence-electron chi connectivity index (χ1n) is 11.3. The average Bonchev–Trinajstić information content (AvgIpc) is 3.41. The van der Waals surface area contributed by atoms with Crippen molar-refractivity contribution in [3.05, 3.63) is 82.1 Å². The lowest BCUT2D eigenvalue weighted by Gasteiger charge is -2.22. The summed E-state index contributed by atoms with van der Waals surface area (Å²) in [5.41, 5.74) is 0.577. The normalized spacial score (nSPS) is 14.3. The Labute approximate surface area is 213 Å². The van der Waals surface area contributed by atoms with Crippen LogP contribution in [0.3, 0.4) is 0 Å². The summed E-state index contributed by atoms with van der Waals surface area (Å²) >= 11 is 0. The summed E-state index contributed by atoms with van der Waals surface area (Å²) < 4.78 is 34.9. The molecule has 0 bridgehead atoms. The van der Waals surface area contributed by atoms with Crippen LogP contribution in [0, 0.1) is 10.1 Å². The number of rotatable bonds is 7. The molecule has 0 atom stereocenters. The van der Waals surface area contributed by atoms with Gasteiger partial charge in [0.25, 0.3) is 15.7 Å². The first kappa shape index (κ1) is 25.8. The molecule has 0 unspecified atom stereocenters. The van der Waals surface area contributed by atoms with E-state index in [2.05, 4.69) is 14.8 Å². The van der Waals surface area contributed by atoms with E-state index in [1.54, 1.807) is 42.5 Å². The predicted octanol–water partition coefficient (Wildman–Crippen LogP) is 3.94. The van der Waals surface area contributed by atoms with Crippen LogP contribution in [0.5, 0.6) is 0 Å². The molecule has 0 radical (unpaired) electrons. The van der Waals surface area contributed by atoms with Gasteiger partial charge in [-0.05, 0) is 57.2 Å². The lowest BCUT2D eigenvalue weighted by Crippen LogP contribution is -2.42. The Bertz CT molecular complexity index is 1500. The number of amides is 1. The highest BCUT2D eigenvalue weighted by Gasteiger charge is 2.32. The SMILES string of the molecule is CC(C)(C)NC(=O)CCN(/N=C/c1ccc(-c2ccc([N+](=O)[O-])cc2)o1)C1=NS(=O)(=O)c2ccccc21. The van der Waals surface area contributed by atoms with Gasteiger partial charge in [-0.1, -0.05) is 12.1 Å². The second kappa shape index (κ2) is 9.97. The second-order valence-electron chi connectivity index (χ2n) is 9.31. The number of nitro benzene ring substituents is 1. The first-order valence-corrected chi connectivity index (χ1v) is 12.8. The third kappa shape index (κ3) is 6.09. The van der Waals surface area contributed by atoms with Gasteiger partial charge in [0.05, 0.1) is 17.7 Å². The molecule has 0 saturated heterocycles. The van der Waals surface area contributed by atoms with Crippen LogP contribution in [-0.4, -0.2) is 48.4 Å². The molecular formula is C25H25N5O6S. The van der Waals surface area contributed by atoms with E-state index in [4.69, 9.17) is 4.42 Å². The maximum atomic E-state index is 12.6. The largest absolute Gasteiger partial charge is 0.455 e. The lowest BCUT2D eigenvalue weighted by atomic mass is 10.1. The van der Waals surface area contributed by atoms with Gasteiger partial charge in [-0.3, -0.25) is 14.9 Å². The summed E-state index contributed by atoms with van der Waals surface area (Å²) in [6.45, 7) is 5.66. The second-order valence-corrected chi connectivity index (χ2v) is 10.9. The van der Waals surface area contributed by atoms with Crippen molar-refractivity contribution < 1.29 is 22.6 Å². The monoisotopic (exact) mass is 523 g/mol. The lowest BCUT2D eigenvalue weighted by molar-refractivity contribution is -0.384. The van der Waals surface area contributed by atoms with Gasteiger partial charge in [-0.2, -0.15) is 13.5 Å². The summed E-state index contributed by atoms with van der Waals surface area (Å²) in [7, 11) is -3.89. The number of carbonyl (C=O) groups excluding carboxylic acids is 1. The molecule has 2 aromatic carbocycles. The molecule has 3 aromatic rings. The van der Waals surface area contributed by atoms with E-state index in [0.717, 1.165) is 0 Å². The minimum atomic E-state index is -3.89. The van der Waals surface area contributed by atoms with Crippen LogP contribution in [0.25, 0.3) is 11.3 Å². The molecule has 1 aromatic heterocycles. The highest BCUT2D eigenvalue weighted by molar-refractivity contribution is 7.90. The van der Waals surface area contributed by atoms with Crippen molar-refractivity contribution in [1.82, 2.24) is 10.3 Å². The molecule has 37 heavy (non-hydrogen) atoms. The Balaban J connectivity index is 1.60. The fourth-order valence-electron chi connectivity index (χ4n) is 3.63. The zero-order valence-electron chi connectivity index (χ0n) is 20.4. The Hall–Kier alpha value is -4.32. The predicted molar refractivity (Wildman–Crippen MR) is 138 cm³/mol. The van der Waals surface area contributed by atoms with Crippen molar-refractivity contribution in [3.8, 4) is 11.3 Å². The number of hydrazone groups is 1. The molecule has 0 aliphatic carbocycles. The standard InChI is InChI=1S/C25H25N5O6S/c1-25(2,3)27-23(31)14-15-29(24-20-6-4-5-7-22(20)37(34,35)28-24)26-16-19-12-13-21(36-19)17-8-10-18(11-9-17)30(32)33/h4-13,16H,14-15H2,1-3H3,(H,27,31)/b26-16+. The van der Waals surface area contributed by atoms with E-state index in [1.807, 2.05) is 20.8 Å². The van der Waals surface area contributed by atoms with E-state index < -0.39 is 20.5 Å². The van der Waals surface area contributed by atoms with E-state index >= 15 is 0 Å². The minimum absolute atomic E-state index is 0.0317. The van der Waals surface area contributed by atoms with Crippen LogP contribution < -0.4 is 5.32 Å². The van der Waals surface area contributed by atoms with E-state index in [9.17, 15) is 23.3 Å². The van der Waals surface area contributed by atoms with E-state index in [1.165, 1.54) is 29.4 Å². The van der Waals surface area contributed by atoms with Crippen LogP contribution >= 0.6 is 0 Å². The first-order chi connectivity index (χ1) is 17.4. The fraction of sp³-hybridized carbons (Fsp3) is 0.240. The molecule has 1 aliphatic heterocycles. The number of fused-ring (bicyclic) bond motifs is 1. The molecule has 2 heterocycles. The Morgan fingerprint density at radius 1 is 1.14 bits per heavy atom. The molecule has 192 valence electrons. The highest BCUT2D eigenvalue weighted by atomic mass is 32.2. The van der Waals surface area contributed by atoms with Gasteiger partial charge in [0, 0.05) is 35.2 Å². The topological polar surface area (TPSA) is 147 Å². The number of hydrogen-bond donors (Lipinski definition) is 1. The number of furan rings is 1. The van der Waals surface area contributed by atoms with Crippen molar-refractivity contribution in [3.63, 3.8) is 0 Å². The molecule has 1 amide bonds. The third-order valence-corrected chi connectivity index (χ3v) is 6.56. The van der Waals surface area contributed by atoms with Crippen LogP contribution in [0.15, 0.2) is 79.5 Å². The maximum Gasteiger partial charge on any atom is 0.285 e. The van der Waals surface area contributed by atoms with E-state index in [0.29, 0.717) is 22.6 Å². The van der Waals surface area contributed by atoms with Crippen molar-refractivity contribution in [2.24, 2.45) is 9.50 Å². The number of amidine groups is 1. The molecule has 11 nitrogen and oxygen atoms in total. The Morgan fingerprint density at radius 3 is 2.51 bits per heavy atom.